The van der Waals surface area contributed by atoms with Crippen LogP contribution in [0, 0.1) is 0 Å². The van der Waals surface area contributed by atoms with Crippen molar-refractivity contribution < 1.29 is 18.3 Å². The van der Waals surface area contributed by atoms with Gasteiger partial charge in [-0.1, -0.05) is 19.8 Å². The number of aliphatic carboxylic acids is 1. The third kappa shape index (κ3) is 4.63. The molecule has 0 saturated carbocycles. The van der Waals surface area contributed by atoms with Gasteiger partial charge in [-0.2, -0.15) is 0 Å². The number of carboxylic acid groups (broad SMARTS) is 1. The summed E-state index contributed by atoms with van der Waals surface area (Å²) in [6.07, 6.45) is 3.52. The number of rotatable bonds is 5. The SMILES string of the molecule is CCS(=O)(=O)CCN1CCCCCC1C(=O)O. The standard InChI is InChI=1S/C11H21NO4S/c1-2-17(15,16)9-8-12-7-5-3-4-6-10(12)11(13)14/h10H,2-9H2,1H3,(H,13,14). The minimum atomic E-state index is -3.01. The molecule has 0 aliphatic carbocycles. The second-order valence-corrected chi connectivity index (χ2v) is 6.95. The first-order chi connectivity index (χ1) is 7.96. The summed E-state index contributed by atoms with van der Waals surface area (Å²) in [6.45, 7) is 2.65. The highest BCUT2D eigenvalue weighted by molar-refractivity contribution is 7.91. The van der Waals surface area contributed by atoms with Gasteiger partial charge in [-0.15, -0.1) is 0 Å². The molecule has 1 aliphatic rings. The van der Waals surface area contributed by atoms with Gasteiger partial charge in [-0.05, 0) is 19.4 Å². The van der Waals surface area contributed by atoms with Gasteiger partial charge in [-0.3, -0.25) is 9.69 Å². The van der Waals surface area contributed by atoms with Crippen LogP contribution >= 0.6 is 0 Å². The Kier molecular flexibility index (Phi) is 5.39. The summed E-state index contributed by atoms with van der Waals surface area (Å²) < 4.78 is 22.9. The van der Waals surface area contributed by atoms with Crippen molar-refractivity contribution in [3.05, 3.63) is 0 Å². The summed E-state index contributed by atoms with van der Waals surface area (Å²) in [7, 11) is -3.01. The first-order valence-electron chi connectivity index (χ1n) is 6.13. The molecular formula is C11H21NO4S. The lowest BCUT2D eigenvalue weighted by Crippen LogP contribution is -2.43. The van der Waals surface area contributed by atoms with Crippen LogP contribution in [0.5, 0.6) is 0 Å². The van der Waals surface area contributed by atoms with E-state index in [1.54, 1.807) is 6.92 Å². The molecule has 0 spiro atoms. The lowest BCUT2D eigenvalue weighted by molar-refractivity contribution is -0.143. The van der Waals surface area contributed by atoms with Gasteiger partial charge in [0.15, 0.2) is 9.84 Å². The first-order valence-corrected chi connectivity index (χ1v) is 7.95. The molecule has 0 radical (unpaired) electrons. The zero-order chi connectivity index (χ0) is 12.9. The maximum absolute atomic E-state index is 11.4. The van der Waals surface area contributed by atoms with Gasteiger partial charge < -0.3 is 5.11 Å². The van der Waals surface area contributed by atoms with E-state index in [1.165, 1.54) is 0 Å². The fourth-order valence-corrected chi connectivity index (χ4v) is 2.92. The summed E-state index contributed by atoms with van der Waals surface area (Å²) in [5, 5.41) is 9.13. The van der Waals surface area contributed by atoms with E-state index in [0.29, 0.717) is 19.5 Å². The molecule has 0 aromatic carbocycles. The second kappa shape index (κ2) is 6.35. The molecule has 1 saturated heterocycles. The largest absolute Gasteiger partial charge is 0.480 e. The Labute approximate surface area is 103 Å². The number of hydrogen-bond donors (Lipinski definition) is 1. The van der Waals surface area contributed by atoms with Crippen molar-refractivity contribution in [3.63, 3.8) is 0 Å². The molecule has 1 atom stereocenters. The van der Waals surface area contributed by atoms with Crippen LogP contribution in [0.4, 0.5) is 0 Å². The summed E-state index contributed by atoms with van der Waals surface area (Å²) >= 11 is 0. The molecule has 0 aromatic rings. The van der Waals surface area contributed by atoms with Crippen LogP contribution < -0.4 is 0 Å². The van der Waals surface area contributed by atoms with Crippen LogP contribution in [-0.4, -0.2) is 55.0 Å². The van der Waals surface area contributed by atoms with Crippen molar-refractivity contribution in [2.45, 2.75) is 38.6 Å². The smallest absolute Gasteiger partial charge is 0.320 e. The lowest BCUT2D eigenvalue weighted by Gasteiger charge is -2.26. The van der Waals surface area contributed by atoms with Crippen molar-refractivity contribution >= 4 is 15.8 Å². The Morgan fingerprint density at radius 2 is 2.06 bits per heavy atom. The van der Waals surface area contributed by atoms with E-state index < -0.39 is 21.8 Å². The minimum Gasteiger partial charge on any atom is -0.480 e. The van der Waals surface area contributed by atoms with Crippen LogP contribution in [0.1, 0.15) is 32.6 Å². The molecule has 1 N–H and O–H groups in total. The highest BCUT2D eigenvalue weighted by atomic mass is 32.2. The monoisotopic (exact) mass is 263 g/mol. The summed E-state index contributed by atoms with van der Waals surface area (Å²) in [6, 6.07) is -0.510. The molecule has 1 unspecified atom stereocenters. The van der Waals surface area contributed by atoms with Crippen LogP contribution in [0.25, 0.3) is 0 Å². The molecular weight excluding hydrogens is 242 g/mol. The maximum atomic E-state index is 11.4. The first kappa shape index (κ1) is 14.4. The molecule has 1 fully saturated rings. The number of likely N-dealkylation sites (tertiary alicyclic amines) is 1. The van der Waals surface area contributed by atoms with E-state index in [1.807, 2.05) is 4.90 Å². The van der Waals surface area contributed by atoms with E-state index in [9.17, 15) is 13.2 Å². The Hall–Kier alpha value is -0.620. The third-order valence-corrected chi connectivity index (χ3v) is 4.96. The van der Waals surface area contributed by atoms with Gasteiger partial charge in [0.25, 0.3) is 0 Å². The van der Waals surface area contributed by atoms with Crippen LogP contribution in [0.2, 0.25) is 0 Å². The third-order valence-electron chi connectivity index (χ3n) is 3.28. The van der Waals surface area contributed by atoms with Crippen molar-refractivity contribution in [2.24, 2.45) is 0 Å². The van der Waals surface area contributed by atoms with Crippen LogP contribution in [-0.2, 0) is 14.6 Å². The van der Waals surface area contributed by atoms with Crippen LogP contribution in [0.3, 0.4) is 0 Å². The molecule has 0 amide bonds. The van der Waals surface area contributed by atoms with Gasteiger partial charge in [0, 0.05) is 12.3 Å². The Bertz CT molecular complexity index is 352. The molecule has 0 aromatic heterocycles. The van der Waals surface area contributed by atoms with Gasteiger partial charge in [0.2, 0.25) is 0 Å². The van der Waals surface area contributed by atoms with Gasteiger partial charge in [0.1, 0.15) is 6.04 Å². The van der Waals surface area contributed by atoms with E-state index in [2.05, 4.69) is 0 Å². The number of hydrogen-bond acceptors (Lipinski definition) is 4. The summed E-state index contributed by atoms with van der Waals surface area (Å²) in [5.41, 5.74) is 0. The highest BCUT2D eigenvalue weighted by Gasteiger charge is 2.27. The predicted molar refractivity (Wildman–Crippen MR) is 65.8 cm³/mol. The predicted octanol–water partition coefficient (Wildman–Crippen LogP) is 0.750. The average Bonchev–Trinajstić information content (AvgIpc) is 2.51. The number of carbonyl (C=O) groups is 1. The van der Waals surface area contributed by atoms with Crippen molar-refractivity contribution in [3.8, 4) is 0 Å². The molecule has 17 heavy (non-hydrogen) atoms. The van der Waals surface area contributed by atoms with Gasteiger partial charge in [-0.25, -0.2) is 8.42 Å². The van der Waals surface area contributed by atoms with E-state index in [0.717, 1.165) is 19.3 Å². The fraction of sp³-hybridized carbons (Fsp3) is 0.909. The highest BCUT2D eigenvalue weighted by Crippen LogP contribution is 2.17. The Morgan fingerprint density at radius 3 is 2.65 bits per heavy atom. The topological polar surface area (TPSA) is 74.7 Å². The van der Waals surface area contributed by atoms with Gasteiger partial charge >= 0.3 is 5.97 Å². The van der Waals surface area contributed by atoms with E-state index >= 15 is 0 Å². The normalized spacial score (nSPS) is 23.2. The molecule has 1 rings (SSSR count). The number of nitrogens with zero attached hydrogens (tertiary/aromatic N) is 1. The molecule has 0 bridgehead atoms. The molecule has 1 heterocycles. The van der Waals surface area contributed by atoms with Crippen molar-refractivity contribution in [2.75, 3.05) is 24.6 Å². The zero-order valence-corrected chi connectivity index (χ0v) is 11.1. The number of carboxylic acids is 1. The zero-order valence-electron chi connectivity index (χ0n) is 10.3. The Morgan fingerprint density at radius 1 is 1.35 bits per heavy atom. The number of sulfone groups is 1. The molecule has 100 valence electrons. The molecule has 5 nitrogen and oxygen atoms in total. The average molecular weight is 263 g/mol. The molecule has 1 aliphatic heterocycles. The molecule has 6 heteroatoms. The maximum Gasteiger partial charge on any atom is 0.320 e. The lowest BCUT2D eigenvalue weighted by atomic mass is 10.1. The van der Waals surface area contributed by atoms with Crippen LogP contribution in [0.15, 0.2) is 0 Å². The minimum absolute atomic E-state index is 0.0628. The Balaban J connectivity index is 2.61. The quantitative estimate of drug-likeness (QED) is 0.792. The fourth-order valence-electron chi connectivity index (χ4n) is 2.12. The van der Waals surface area contributed by atoms with E-state index in [4.69, 9.17) is 5.11 Å². The summed E-state index contributed by atoms with van der Waals surface area (Å²) in [4.78, 5) is 12.9. The van der Waals surface area contributed by atoms with Crippen molar-refractivity contribution in [1.82, 2.24) is 4.90 Å². The van der Waals surface area contributed by atoms with Gasteiger partial charge in [0.05, 0.1) is 5.75 Å². The van der Waals surface area contributed by atoms with Crippen molar-refractivity contribution in [1.29, 1.82) is 0 Å². The second-order valence-electron chi connectivity index (χ2n) is 4.48. The van der Waals surface area contributed by atoms with E-state index in [-0.39, 0.29) is 11.5 Å². The summed E-state index contributed by atoms with van der Waals surface area (Å²) in [5.74, 6) is -0.646.